The molecule has 0 aliphatic rings. The lowest BCUT2D eigenvalue weighted by molar-refractivity contribution is -0.227. The van der Waals surface area contributed by atoms with Crippen LogP contribution in [0.15, 0.2) is 67.2 Å². The van der Waals surface area contributed by atoms with E-state index in [-0.39, 0.29) is 11.5 Å². The fraction of sp³-hybridized carbons (Fsp3) is 0.308. The number of carbonyl (C=O) groups excluding carboxylic acids is 2. The maximum atomic E-state index is 12.7. The summed E-state index contributed by atoms with van der Waals surface area (Å²) in [6.07, 6.45) is 5.01. The first-order valence-electron chi connectivity index (χ1n) is 10.8. The minimum atomic E-state index is -0.911. The molecule has 34 heavy (non-hydrogen) atoms. The van der Waals surface area contributed by atoms with Gasteiger partial charge in [-0.1, -0.05) is 20.4 Å². The number of hydrogen-bond acceptors (Lipinski definition) is 8. The molecule has 0 saturated heterocycles. The first-order chi connectivity index (χ1) is 16.2. The summed E-state index contributed by atoms with van der Waals surface area (Å²) in [5.41, 5.74) is 0.426. The summed E-state index contributed by atoms with van der Waals surface area (Å²) in [7, 11) is 0. The van der Waals surface area contributed by atoms with Crippen LogP contribution in [0.25, 0.3) is 5.76 Å². The number of aromatic nitrogens is 1. The molecule has 0 bridgehead atoms. The van der Waals surface area contributed by atoms with E-state index >= 15 is 0 Å². The minimum Gasteiger partial charge on any atom is -0.484 e. The molecule has 1 aromatic heterocycles. The Morgan fingerprint density at radius 3 is 2.41 bits per heavy atom. The second-order valence-corrected chi connectivity index (χ2v) is 7.63. The van der Waals surface area contributed by atoms with Crippen LogP contribution in [0.2, 0.25) is 0 Å². The largest absolute Gasteiger partial charge is 0.484 e. The highest BCUT2D eigenvalue weighted by Gasteiger charge is 2.37. The number of ether oxygens (including phenoxy) is 2. The summed E-state index contributed by atoms with van der Waals surface area (Å²) in [5, 5.41) is 8.94. The summed E-state index contributed by atoms with van der Waals surface area (Å²) in [5.74, 6) is -0.756. The average Bonchev–Trinajstić information content (AvgIpc) is 2.85. The van der Waals surface area contributed by atoms with Crippen molar-refractivity contribution >= 4 is 17.7 Å². The maximum absolute atomic E-state index is 12.7. The lowest BCUT2D eigenvalue weighted by atomic mass is 9.93. The van der Waals surface area contributed by atoms with Gasteiger partial charge >= 0.3 is 11.9 Å². The highest BCUT2D eigenvalue weighted by molar-refractivity contribution is 5.89. The number of allylic oxidation sites excluding steroid dienone is 1. The molecule has 0 aliphatic heterocycles. The molecule has 0 saturated carbocycles. The maximum Gasteiger partial charge on any atom is 0.352 e. The van der Waals surface area contributed by atoms with Gasteiger partial charge in [0.1, 0.15) is 17.5 Å². The van der Waals surface area contributed by atoms with Crippen molar-refractivity contribution < 1.29 is 28.8 Å². The second-order valence-electron chi connectivity index (χ2n) is 7.63. The smallest absolute Gasteiger partial charge is 0.352 e. The summed E-state index contributed by atoms with van der Waals surface area (Å²) in [6.45, 7) is 10.8. The molecule has 8 nitrogen and oxygen atoms in total. The third-order valence-electron chi connectivity index (χ3n) is 5.10. The summed E-state index contributed by atoms with van der Waals surface area (Å²) in [4.78, 5) is 37.8. The van der Waals surface area contributed by atoms with E-state index in [1.807, 2.05) is 26.8 Å². The van der Waals surface area contributed by atoms with Gasteiger partial charge in [0.15, 0.2) is 5.76 Å². The van der Waals surface area contributed by atoms with Crippen LogP contribution in [0.3, 0.4) is 0 Å². The zero-order valence-corrected chi connectivity index (χ0v) is 19.7. The topological polar surface area (TPSA) is 108 Å². The molecule has 0 radical (unpaired) electrons. The van der Waals surface area contributed by atoms with Gasteiger partial charge in [0, 0.05) is 31.0 Å². The fourth-order valence-corrected chi connectivity index (χ4v) is 3.13. The molecule has 0 fully saturated rings. The van der Waals surface area contributed by atoms with Crippen LogP contribution in [0.1, 0.15) is 62.0 Å². The lowest BCUT2D eigenvalue weighted by Gasteiger charge is -2.36. The molecule has 0 amide bonds. The Morgan fingerprint density at radius 2 is 1.88 bits per heavy atom. The molecule has 8 heteroatoms. The van der Waals surface area contributed by atoms with E-state index in [9.17, 15) is 9.59 Å². The highest BCUT2D eigenvalue weighted by Crippen LogP contribution is 2.30. The van der Waals surface area contributed by atoms with Crippen molar-refractivity contribution in [1.82, 2.24) is 4.98 Å². The number of carbonyl (C=O) groups is 2. The second kappa shape index (κ2) is 12.2. The quantitative estimate of drug-likeness (QED) is 0.148. The summed E-state index contributed by atoms with van der Waals surface area (Å²) < 4.78 is 11.9. The molecule has 2 rings (SSSR count). The van der Waals surface area contributed by atoms with Crippen LogP contribution < -0.4 is 0 Å². The number of nitriles is 1. The molecule has 0 N–H and O–H groups in total. The van der Waals surface area contributed by atoms with Crippen LogP contribution in [-0.4, -0.2) is 28.6 Å². The van der Waals surface area contributed by atoms with Crippen molar-refractivity contribution in [3.63, 3.8) is 0 Å². The molecule has 2 atom stereocenters. The van der Waals surface area contributed by atoms with Gasteiger partial charge in [0.2, 0.25) is 0 Å². The summed E-state index contributed by atoms with van der Waals surface area (Å²) >= 11 is 0. The Balaban J connectivity index is 2.21. The van der Waals surface area contributed by atoms with Crippen molar-refractivity contribution in [1.29, 1.82) is 5.26 Å². The van der Waals surface area contributed by atoms with Gasteiger partial charge in [-0.15, -0.1) is 0 Å². The van der Waals surface area contributed by atoms with Crippen LogP contribution in [-0.2, 0) is 24.0 Å². The van der Waals surface area contributed by atoms with Gasteiger partial charge in [-0.2, -0.15) is 5.26 Å². The first-order valence-corrected chi connectivity index (χ1v) is 10.8. The number of benzene rings is 1. The number of pyridine rings is 1. The van der Waals surface area contributed by atoms with Gasteiger partial charge in [-0.05, 0) is 56.2 Å². The van der Waals surface area contributed by atoms with Gasteiger partial charge in [0.25, 0.3) is 0 Å². The van der Waals surface area contributed by atoms with Crippen LogP contribution >= 0.6 is 0 Å². The monoisotopic (exact) mass is 464 g/mol. The molecule has 1 aromatic carbocycles. The number of rotatable bonds is 11. The van der Waals surface area contributed by atoms with E-state index in [4.69, 9.17) is 19.6 Å². The van der Waals surface area contributed by atoms with E-state index in [0.717, 1.165) is 0 Å². The third kappa shape index (κ3) is 7.20. The van der Waals surface area contributed by atoms with Crippen molar-refractivity contribution in [2.24, 2.45) is 0 Å². The van der Waals surface area contributed by atoms with E-state index in [2.05, 4.69) is 16.5 Å². The van der Waals surface area contributed by atoms with Gasteiger partial charge in [-0.3, -0.25) is 14.8 Å². The van der Waals surface area contributed by atoms with E-state index in [0.29, 0.717) is 29.5 Å². The predicted octanol–water partition coefficient (Wildman–Crippen LogP) is 5.12. The Labute approximate surface area is 199 Å². The molecular weight excluding hydrogens is 436 g/mol. The van der Waals surface area contributed by atoms with Crippen molar-refractivity contribution in [3.05, 3.63) is 83.9 Å². The van der Waals surface area contributed by atoms with Gasteiger partial charge in [0.05, 0.1) is 17.2 Å². The highest BCUT2D eigenvalue weighted by atomic mass is 17.2. The zero-order valence-electron chi connectivity index (χ0n) is 19.7. The molecule has 0 unspecified atom stereocenters. The fourth-order valence-electron chi connectivity index (χ4n) is 3.13. The standard InChI is InChI=1S/C26H28N2O6/c1-6-24(31-25(30)21-12-10-20(16-27)11-13-21)26(5,7-2)32-18(3)15-23(34-33-19(4)29)22-9-8-14-28-17-22/h8-15,17,24H,3,6-7H2,1-2,4-5H3/b23-15-/t24-,26-/m0/s1. The molecule has 0 aliphatic carbocycles. The molecule has 1 heterocycles. The van der Waals surface area contributed by atoms with Crippen LogP contribution in [0.4, 0.5) is 0 Å². The van der Waals surface area contributed by atoms with E-state index in [1.165, 1.54) is 19.2 Å². The van der Waals surface area contributed by atoms with Gasteiger partial charge < -0.3 is 9.47 Å². The normalized spacial score (nSPS) is 13.6. The third-order valence-corrected chi connectivity index (χ3v) is 5.10. The Kier molecular flexibility index (Phi) is 9.38. The Hall–Kier alpha value is -4.12. The molecule has 178 valence electrons. The van der Waals surface area contributed by atoms with E-state index < -0.39 is 23.6 Å². The lowest BCUT2D eigenvalue weighted by Crippen LogP contribution is -2.43. The predicted molar refractivity (Wildman–Crippen MR) is 125 cm³/mol. The Morgan fingerprint density at radius 1 is 1.18 bits per heavy atom. The molecule has 2 aromatic rings. The number of nitrogens with zero attached hydrogens (tertiary/aromatic N) is 2. The van der Waals surface area contributed by atoms with Crippen molar-refractivity contribution in [2.75, 3.05) is 0 Å². The Bertz CT molecular complexity index is 1070. The minimum absolute atomic E-state index is 0.175. The van der Waals surface area contributed by atoms with E-state index in [1.54, 1.807) is 42.6 Å². The van der Waals surface area contributed by atoms with Crippen molar-refractivity contribution in [3.8, 4) is 6.07 Å². The van der Waals surface area contributed by atoms with Crippen molar-refractivity contribution in [2.45, 2.75) is 52.2 Å². The van der Waals surface area contributed by atoms with Gasteiger partial charge in [-0.25, -0.2) is 9.59 Å². The SMILES string of the molecule is C=C(/C=C(\OOC(C)=O)c1cccnc1)O[C@@](C)(CC)[C@H](CC)OC(=O)c1ccc(C#N)cc1. The number of esters is 1. The van der Waals surface area contributed by atoms with Crippen LogP contribution in [0.5, 0.6) is 0 Å². The zero-order chi connectivity index (χ0) is 25.1. The molecular formula is C26H28N2O6. The molecule has 0 spiro atoms. The summed E-state index contributed by atoms with van der Waals surface area (Å²) in [6, 6.07) is 11.7. The first kappa shape index (κ1) is 26.1. The average molecular weight is 465 g/mol. The number of hydrogen-bond donors (Lipinski definition) is 0. The van der Waals surface area contributed by atoms with Crippen LogP contribution in [0, 0.1) is 11.3 Å².